The molecule has 0 saturated carbocycles. The Kier molecular flexibility index (Phi) is 18.4. The second kappa shape index (κ2) is 18.3. The number of hydrogen-bond donors (Lipinski definition) is 0. The molecule has 0 aliphatic rings. The first kappa shape index (κ1) is 34.1. The number of ketones is 4. The van der Waals surface area contributed by atoms with Gasteiger partial charge < -0.3 is 0 Å². The lowest BCUT2D eigenvalue weighted by Gasteiger charge is -2.33. The fourth-order valence-electron chi connectivity index (χ4n) is 3.38. The van der Waals surface area contributed by atoms with E-state index >= 15 is 0 Å². The van der Waals surface area contributed by atoms with Crippen LogP contribution in [0.4, 0.5) is 0 Å². The highest BCUT2D eigenvalue weighted by Gasteiger charge is 2.37. The molecule has 0 aliphatic heterocycles. The molecular weight excluding hydrogens is 505 g/mol. The Morgan fingerprint density at radius 1 is 0.500 bits per heavy atom. The summed E-state index contributed by atoms with van der Waals surface area (Å²) in [7, 11) is 0. The molecule has 0 bridgehead atoms. The standard InChI is InChI=1S/C26H46O4S4/c1-18(2)31-14-22(27)9-10-26(11-23(28)15-32-19(3)4,12-24(29)16-33-20(5)6)13-25(30)17-34-21(7)8/h18-21H,9-17H2,1-8H3. The highest BCUT2D eigenvalue weighted by atomic mass is 32.2. The quantitative estimate of drug-likeness (QED) is 0.155. The zero-order chi connectivity index (χ0) is 26.3. The van der Waals surface area contributed by atoms with Crippen LogP contribution >= 0.6 is 47.0 Å². The number of carbonyl (C=O) groups is 4. The van der Waals surface area contributed by atoms with Crippen LogP contribution in [0.15, 0.2) is 0 Å². The fraction of sp³-hybridized carbons (Fsp3) is 0.846. The second-order valence-electron chi connectivity index (χ2n) is 10.1. The van der Waals surface area contributed by atoms with E-state index in [-0.39, 0.29) is 42.4 Å². The van der Waals surface area contributed by atoms with Crippen LogP contribution in [0.1, 0.15) is 87.5 Å². The third-order valence-corrected chi connectivity index (χ3v) is 9.58. The summed E-state index contributed by atoms with van der Waals surface area (Å²) in [4.78, 5) is 51.5. The maximum Gasteiger partial charge on any atom is 0.143 e. The highest BCUT2D eigenvalue weighted by Crippen LogP contribution is 2.39. The van der Waals surface area contributed by atoms with E-state index in [1.165, 1.54) is 0 Å². The van der Waals surface area contributed by atoms with Gasteiger partial charge in [0.15, 0.2) is 0 Å². The predicted octanol–water partition coefficient (Wildman–Crippen LogP) is 6.77. The van der Waals surface area contributed by atoms with Crippen LogP contribution in [-0.4, -0.2) is 67.1 Å². The minimum Gasteiger partial charge on any atom is -0.299 e. The topological polar surface area (TPSA) is 68.3 Å². The number of carbonyl (C=O) groups excluding carboxylic acids is 4. The van der Waals surface area contributed by atoms with Gasteiger partial charge in [0, 0.05) is 25.7 Å². The minimum atomic E-state index is -0.768. The normalized spacial score (nSPS) is 12.2. The molecule has 0 N–H and O–H groups in total. The van der Waals surface area contributed by atoms with Gasteiger partial charge in [-0.25, -0.2) is 0 Å². The molecule has 0 unspecified atom stereocenters. The van der Waals surface area contributed by atoms with E-state index in [1.54, 1.807) is 47.0 Å². The molecule has 0 saturated heterocycles. The van der Waals surface area contributed by atoms with E-state index in [1.807, 2.05) is 0 Å². The Morgan fingerprint density at radius 2 is 0.765 bits per heavy atom. The van der Waals surface area contributed by atoms with Gasteiger partial charge in [-0.3, -0.25) is 19.2 Å². The van der Waals surface area contributed by atoms with Crippen LogP contribution in [0.2, 0.25) is 0 Å². The molecule has 0 aromatic rings. The maximum atomic E-state index is 13.0. The molecular formula is C26H46O4S4. The van der Waals surface area contributed by atoms with Gasteiger partial charge in [-0.1, -0.05) is 55.4 Å². The smallest absolute Gasteiger partial charge is 0.143 e. The number of hydrogen-bond acceptors (Lipinski definition) is 8. The first-order chi connectivity index (χ1) is 15.7. The van der Waals surface area contributed by atoms with Gasteiger partial charge in [-0.15, -0.1) is 0 Å². The van der Waals surface area contributed by atoms with Gasteiger partial charge in [0.05, 0.1) is 23.0 Å². The Hall–Kier alpha value is 0.0800. The lowest BCUT2D eigenvalue weighted by Crippen LogP contribution is -2.33. The molecule has 0 aromatic heterocycles. The predicted molar refractivity (Wildman–Crippen MR) is 156 cm³/mol. The van der Waals surface area contributed by atoms with Gasteiger partial charge in [0.1, 0.15) is 23.1 Å². The fourth-order valence-corrected chi connectivity index (χ4v) is 5.90. The molecule has 8 heteroatoms. The molecule has 0 heterocycles. The molecule has 0 aliphatic carbocycles. The van der Waals surface area contributed by atoms with Crippen molar-refractivity contribution in [2.45, 2.75) is 108 Å². The molecule has 4 nitrogen and oxygen atoms in total. The van der Waals surface area contributed by atoms with E-state index in [2.05, 4.69) is 55.4 Å². The van der Waals surface area contributed by atoms with Crippen LogP contribution in [-0.2, 0) is 19.2 Å². The van der Waals surface area contributed by atoms with Crippen LogP contribution in [0.5, 0.6) is 0 Å². The van der Waals surface area contributed by atoms with Crippen molar-refractivity contribution >= 4 is 70.2 Å². The van der Waals surface area contributed by atoms with E-state index in [9.17, 15) is 19.2 Å². The van der Waals surface area contributed by atoms with Gasteiger partial charge in [0.25, 0.3) is 0 Å². The first-order valence-corrected chi connectivity index (χ1v) is 16.5. The summed E-state index contributed by atoms with van der Waals surface area (Å²) in [6.45, 7) is 16.4. The van der Waals surface area contributed by atoms with Crippen LogP contribution in [0.3, 0.4) is 0 Å². The molecule has 0 aromatic carbocycles. The Morgan fingerprint density at radius 3 is 1.03 bits per heavy atom. The van der Waals surface area contributed by atoms with Crippen molar-refractivity contribution < 1.29 is 19.2 Å². The molecule has 0 rings (SSSR count). The Labute approximate surface area is 225 Å². The largest absolute Gasteiger partial charge is 0.299 e. The average molecular weight is 551 g/mol. The van der Waals surface area contributed by atoms with Crippen molar-refractivity contribution in [2.24, 2.45) is 5.41 Å². The lowest BCUT2D eigenvalue weighted by molar-refractivity contribution is -0.127. The van der Waals surface area contributed by atoms with Gasteiger partial charge in [0.2, 0.25) is 0 Å². The summed E-state index contributed by atoms with van der Waals surface area (Å²) in [6, 6.07) is 0. The lowest BCUT2D eigenvalue weighted by atomic mass is 9.71. The molecule has 34 heavy (non-hydrogen) atoms. The third-order valence-electron chi connectivity index (χ3n) is 4.96. The summed E-state index contributed by atoms with van der Waals surface area (Å²) < 4.78 is 0. The molecule has 198 valence electrons. The van der Waals surface area contributed by atoms with E-state index < -0.39 is 5.41 Å². The van der Waals surface area contributed by atoms with E-state index in [0.29, 0.717) is 56.9 Å². The number of rotatable bonds is 21. The second-order valence-corrected chi connectivity index (χ2v) is 16.4. The Balaban J connectivity index is 5.72. The van der Waals surface area contributed by atoms with Crippen molar-refractivity contribution in [3.8, 4) is 0 Å². The van der Waals surface area contributed by atoms with E-state index in [0.717, 1.165) is 0 Å². The molecule has 0 spiro atoms. The summed E-state index contributed by atoms with van der Waals surface area (Å²) in [5.74, 6) is 1.88. The Bertz CT molecular complexity index is 580. The number of Topliss-reactive ketones (excluding diaryl/α,β-unsaturated/α-hetero) is 4. The van der Waals surface area contributed by atoms with Crippen LogP contribution in [0, 0.1) is 5.41 Å². The van der Waals surface area contributed by atoms with Crippen LogP contribution < -0.4 is 0 Å². The molecule has 0 fully saturated rings. The summed E-state index contributed by atoms with van der Waals surface area (Å²) in [6.07, 6.45) is 1.28. The summed E-state index contributed by atoms with van der Waals surface area (Å²) in [5.41, 5.74) is -0.768. The zero-order valence-corrected chi connectivity index (χ0v) is 25.7. The third kappa shape index (κ3) is 18.4. The summed E-state index contributed by atoms with van der Waals surface area (Å²) in [5, 5.41) is 1.37. The first-order valence-electron chi connectivity index (χ1n) is 12.3. The van der Waals surface area contributed by atoms with Gasteiger partial charge >= 0.3 is 0 Å². The SMILES string of the molecule is CC(C)SCC(=O)CCC(CC(=O)CSC(C)C)(CC(=O)CSC(C)C)CC(=O)CSC(C)C. The van der Waals surface area contributed by atoms with Crippen molar-refractivity contribution in [1.82, 2.24) is 0 Å². The van der Waals surface area contributed by atoms with Crippen molar-refractivity contribution in [1.29, 1.82) is 0 Å². The van der Waals surface area contributed by atoms with Crippen LogP contribution in [0.25, 0.3) is 0 Å². The maximum absolute atomic E-state index is 13.0. The average Bonchev–Trinajstić information content (AvgIpc) is 2.71. The minimum absolute atomic E-state index is 0.0660. The van der Waals surface area contributed by atoms with Gasteiger partial charge in [-0.2, -0.15) is 47.0 Å². The van der Waals surface area contributed by atoms with Gasteiger partial charge in [-0.05, 0) is 32.8 Å². The number of thioether (sulfide) groups is 4. The molecule has 0 atom stereocenters. The summed E-state index contributed by atoms with van der Waals surface area (Å²) >= 11 is 6.36. The van der Waals surface area contributed by atoms with Crippen molar-refractivity contribution in [3.63, 3.8) is 0 Å². The highest BCUT2D eigenvalue weighted by molar-refractivity contribution is 8.01. The zero-order valence-electron chi connectivity index (χ0n) is 22.4. The monoisotopic (exact) mass is 550 g/mol. The van der Waals surface area contributed by atoms with E-state index in [4.69, 9.17) is 0 Å². The van der Waals surface area contributed by atoms with Crippen molar-refractivity contribution in [2.75, 3.05) is 23.0 Å². The molecule has 0 amide bonds. The molecule has 0 radical (unpaired) electrons. The van der Waals surface area contributed by atoms with Crippen molar-refractivity contribution in [3.05, 3.63) is 0 Å².